The predicted octanol–water partition coefficient (Wildman–Crippen LogP) is 3.22. The summed E-state index contributed by atoms with van der Waals surface area (Å²) in [6.45, 7) is 2.62. The summed E-state index contributed by atoms with van der Waals surface area (Å²) in [5, 5.41) is 2.96. The van der Waals surface area contributed by atoms with E-state index in [1.807, 2.05) is 25.1 Å². The molecular weight excluding hydrogens is 292 g/mol. The van der Waals surface area contributed by atoms with Crippen LogP contribution >= 0.6 is 15.9 Å². The second-order valence-electron chi connectivity index (χ2n) is 5.30. The molecule has 1 aliphatic carbocycles. The molecule has 98 valence electrons. The van der Waals surface area contributed by atoms with Crippen molar-refractivity contribution in [2.45, 2.75) is 32.6 Å². The summed E-state index contributed by atoms with van der Waals surface area (Å²) in [4.78, 5) is 12.0. The van der Waals surface area contributed by atoms with E-state index in [2.05, 4.69) is 21.2 Å². The maximum Gasteiger partial charge on any atom is 0.224 e. The lowest BCUT2D eigenvalue weighted by Crippen LogP contribution is -2.40. The van der Waals surface area contributed by atoms with Crippen LogP contribution in [0.1, 0.15) is 31.2 Å². The molecule has 1 aromatic carbocycles. The number of aryl methyl sites for hydroxylation is 1. The second kappa shape index (κ2) is 5.41. The van der Waals surface area contributed by atoms with Crippen molar-refractivity contribution in [1.29, 1.82) is 0 Å². The Hall–Kier alpha value is -0.870. The highest BCUT2D eigenvalue weighted by atomic mass is 79.9. The Morgan fingerprint density at radius 3 is 2.67 bits per heavy atom. The van der Waals surface area contributed by atoms with Crippen molar-refractivity contribution in [2.75, 3.05) is 11.9 Å². The van der Waals surface area contributed by atoms with E-state index in [0.29, 0.717) is 13.0 Å². The zero-order chi connectivity index (χ0) is 13.2. The van der Waals surface area contributed by atoms with E-state index in [1.165, 1.54) is 6.42 Å². The lowest BCUT2D eigenvalue weighted by Gasteiger charge is -2.40. The molecular formula is C14H19BrN2O. The molecule has 0 spiro atoms. The average Bonchev–Trinajstić information content (AvgIpc) is 2.21. The van der Waals surface area contributed by atoms with Crippen LogP contribution in [-0.2, 0) is 4.79 Å². The third kappa shape index (κ3) is 3.12. The standard InChI is InChI=1S/C14H19BrN2O/c1-10-5-11(15)7-12(6-10)17-13(18)8-14(9-16)3-2-4-14/h5-7H,2-4,8-9,16H2,1H3,(H,17,18). The monoisotopic (exact) mass is 310 g/mol. The van der Waals surface area contributed by atoms with Crippen LogP contribution in [0.15, 0.2) is 22.7 Å². The van der Waals surface area contributed by atoms with Crippen LogP contribution in [0.5, 0.6) is 0 Å². The normalized spacial score (nSPS) is 17.1. The minimum absolute atomic E-state index is 0.0607. The summed E-state index contributed by atoms with van der Waals surface area (Å²) < 4.78 is 0.981. The molecule has 2 rings (SSSR count). The fourth-order valence-corrected chi connectivity index (χ4v) is 3.09. The Balaban J connectivity index is 1.98. The van der Waals surface area contributed by atoms with Crippen molar-refractivity contribution in [3.05, 3.63) is 28.2 Å². The molecule has 1 amide bonds. The summed E-state index contributed by atoms with van der Waals surface area (Å²) in [5.74, 6) is 0.0673. The van der Waals surface area contributed by atoms with Gasteiger partial charge in [0.15, 0.2) is 0 Å². The van der Waals surface area contributed by atoms with Crippen molar-refractivity contribution in [3.8, 4) is 0 Å². The zero-order valence-electron chi connectivity index (χ0n) is 10.6. The van der Waals surface area contributed by atoms with Gasteiger partial charge in [-0.3, -0.25) is 4.79 Å². The molecule has 0 aromatic heterocycles. The molecule has 0 unspecified atom stereocenters. The van der Waals surface area contributed by atoms with Gasteiger partial charge in [-0.05, 0) is 55.5 Å². The largest absolute Gasteiger partial charge is 0.330 e. The van der Waals surface area contributed by atoms with E-state index in [0.717, 1.165) is 28.6 Å². The van der Waals surface area contributed by atoms with Crippen LogP contribution in [-0.4, -0.2) is 12.5 Å². The van der Waals surface area contributed by atoms with Gasteiger partial charge in [0.2, 0.25) is 5.91 Å². The number of nitrogens with one attached hydrogen (secondary N) is 1. The third-order valence-corrected chi connectivity index (χ3v) is 4.17. The molecule has 0 bridgehead atoms. The van der Waals surface area contributed by atoms with Gasteiger partial charge in [-0.15, -0.1) is 0 Å². The second-order valence-corrected chi connectivity index (χ2v) is 6.22. The Morgan fingerprint density at radius 1 is 1.44 bits per heavy atom. The summed E-state index contributed by atoms with van der Waals surface area (Å²) in [5.41, 5.74) is 7.80. The van der Waals surface area contributed by atoms with Crippen molar-refractivity contribution >= 4 is 27.5 Å². The Kier molecular flexibility index (Phi) is 4.07. The first-order valence-corrected chi connectivity index (χ1v) is 7.09. The molecule has 1 aromatic rings. The van der Waals surface area contributed by atoms with Crippen LogP contribution in [0.3, 0.4) is 0 Å². The van der Waals surface area contributed by atoms with E-state index >= 15 is 0 Å². The van der Waals surface area contributed by atoms with Crippen LogP contribution < -0.4 is 11.1 Å². The van der Waals surface area contributed by atoms with Gasteiger partial charge < -0.3 is 11.1 Å². The summed E-state index contributed by atoms with van der Waals surface area (Å²) in [6, 6.07) is 5.91. The Labute approximate surface area is 116 Å². The Bertz CT molecular complexity index is 429. The van der Waals surface area contributed by atoms with Crippen LogP contribution in [0.2, 0.25) is 0 Å². The van der Waals surface area contributed by atoms with E-state index in [1.54, 1.807) is 0 Å². The molecule has 1 saturated carbocycles. The molecule has 4 heteroatoms. The van der Waals surface area contributed by atoms with Gasteiger partial charge in [-0.1, -0.05) is 22.4 Å². The number of nitrogens with two attached hydrogens (primary N) is 1. The van der Waals surface area contributed by atoms with Crippen molar-refractivity contribution in [2.24, 2.45) is 11.1 Å². The Morgan fingerprint density at radius 2 is 2.17 bits per heavy atom. The molecule has 1 aliphatic rings. The van der Waals surface area contributed by atoms with E-state index in [4.69, 9.17) is 5.73 Å². The van der Waals surface area contributed by atoms with E-state index in [-0.39, 0.29) is 11.3 Å². The van der Waals surface area contributed by atoms with E-state index < -0.39 is 0 Å². The van der Waals surface area contributed by atoms with Crippen LogP contribution in [0.25, 0.3) is 0 Å². The molecule has 1 fully saturated rings. The van der Waals surface area contributed by atoms with Crippen molar-refractivity contribution in [1.82, 2.24) is 0 Å². The highest BCUT2D eigenvalue weighted by molar-refractivity contribution is 9.10. The smallest absolute Gasteiger partial charge is 0.224 e. The molecule has 0 saturated heterocycles. The number of halogens is 1. The van der Waals surface area contributed by atoms with Gasteiger partial charge in [-0.25, -0.2) is 0 Å². The van der Waals surface area contributed by atoms with Crippen LogP contribution in [0.4, 0.5) is 5.69 Å². The van der Waals surface area contributed by atoms with Gasteiger partial charge in [0.1, 0.15) is 0 Å². The molecule has 3 N–H and O–H groups in total. The van der Waals surface area contributed by atoms with Crippen LogP contribution in [0, 0.1) is 12.3 Å². The third-order valence-electron chi connectivity index (χ3n) is 3.71. The predicted molar refractivity (Wildman–Crippen MR) is 77.5 cm³/mol. The summed E-state index contributed by atoms with van der Waals surface area (Å²) in [7, 11) is 0. The number of carbonyl (C=O) groups excluding carboxylic acids is 1. The fraction of sp³-hybridized carbons (Fsp3) is 0.500. The van der Waals surface area contributed by atoms with Gasteiger partial charge in [0, 0.05) is 16.6 Å². The molecule has 0 radical (unpaired) electrons. The first-order valence-electron chi connectivity index (χ1n) is 6.30. The topological polar surface area (TPSA) is 55.1 Å². The minimum Gasteiger partial charge on any atom is -0.330 e. The molecule has 0 heterocycles. The number of hydrogen-bond acceptors (Lipinski definition) is 2. The average molecular weight is 311 g/mol. The minimum atomic E-state index is 0.0607. The quantitative estimate of drug-likeness (QED) is 0.897. The first-order chi connectivity index (χ1) is 8.53. The van der Waals surface area contributed by atoms with Crippen molar-refractivity contribution in [3.63, 3.8) is 0 Å². The highest BCUT2D eigenvalue weighted by Crippen LogP contribution is 2.43. The first kappa shape index (κ1) is 13.6. The summed E-state index contributed by atoms with van der Waals surface area (Å²) in [6.07, 6.45) is 3.89. The SMILES string of the molecule is Cc1cc(Br)cc(NC(=O)CC2(CN)CCC2)c1. The number of carbonyl (C=O) groups is 1. The fourth-order valence-electron chi connectivity index (χ4n) is 2.48. The molecule has 3 nitrogen and oxygen atoms in total. The summed E-state index contributed by atoms with van der Waals surface area (Å²) >= 11 is 3.43. The maximum absolute atomic E-state index is 12.0. The number of rotatable bonds is 4. The van der Waals surface area contributed by atoms with Gasteiger partial charge in [0.25, 0.3) is 0 Å². The maximum atomic E-state index is 12.0. The molecule has 0 atom stereocenters. The number of amides is 1. The number of anilines is 1. The number of hydrogen-bond donors (Lipinski definition) is 2. The lowest BCUT2D eigenvalue weighted by molar-refractivity contribution is -0.119. The lowest BCUT2D eigenvalue weighted by atomic mass is 9.66. The number of benzene rings is 1. The van der Waals surface area contributed by atoms with E-state index in [9.17, 15) is 4.79 Å². The highest BCUT2D eigenvalue weighted by Gasteiger charge is 2.37. The molecule has 0 aliphatic heterocycles. The van der Waals surface area contributed by atoms with Crippen molar-refractivity contribution < 1.29 is 4.79 Å². The zero-order valence-corrected chi connectivity index (χ0v) is 12.2. The molecule has 18 heavy (non-hydrogen) atoms. The van der Waals surface area contributed by atoms with Gasteiger partial charge >= 0.3 is 0 Å². The van der Waals surface area contributed by atoms with Gasteiger partial charge in [0.05, 0.1) is 0 Å². The van der Waals surface area contributed by atoms with Gasteiger partial charge in [-0.2, -0.15) is 0 Å².